The summed E-state index contributed by atoms with van der Waals surface area (Å²) in [7, 11) is 1.57. The number of ether oxygens (including phenoxy) is 1. The van der Waals surface area contributed by atoms with Crippen molar-refractivity contribution in [3.8, 4) is 6.01 Å². The van der Waals surface area contributed by atoms with Gasteiger partial charge in [-0.3, -0.25) is 5.10 Å². The number of aromatic amines is 1. The van der Waals surface area contributed by atoms with E-state index < -0.39 is 0 Å². The van der Waals surface area contributed by atoms with Crippen molar-refractivity contribution in [2.45, 2.75) is 44.6 Å². The number of H-pyrrole nitrogens is 1. The molecule has 8 heteroatoms. The summed E-state index contributed by atoms with van der Waals surface area (Å²) in [6.45, 7) is 3.15. The molecule has 0 bridgehead atoms. The quantitative estimate of drug-likeness (QED) is 0.874. The molecule has 2 aromatic heterocycles. The first-order valence-electron chi connectivity index (χ1n) is 8.12. The first kappa shape index (κ1) is 14.2. The summed E-state index contributed by atoms with van der Waals surface area (Å²) in [5.41, 5.74) is 1.17. The first-order chi connectivity index (χ1) is 11.2. The van der Waals surface area contributed by atoms with Crippen LogP contribution in [0, 0.1) is 0 Å². The van der Waals surface area contributed by atoms with Crippen LogP contribution in [0.15, 0.2) is 6.07 Å². The van der Waals surface area contributed by atoms with E-state index in [1.807, 2.05) is 6.07 Å². The summed E-state index contributed by atoms with van der Waals surface area (Å²) in [6.07, 6.45) is 4.78. The molecule has 1 saturated heterocycles. The summed E-state index contributed by atoms with van der Waals surface area (Å²) in [4.78, 5) is 15.4. The topological polar surface area (TPSA) is 91.8 Å². The smallest absolute Gasteiger partial charge is 0.322 e. The van der Waals surface area contributed by atoms with Crippen LogP contribution < -0.4 is 15.0 Å². The van der Waals surface area contributed by atoms with Gasteiger partial charge >= 0.3 is 6.01 Å². The highest BCUT2D eigenvalue weighted by Gasteiger charge is 2.26. The predicted molar refractivity (Wildman–Crippen MR) is 86.3 cm³/mol. The molecule has 0 radical (unpaired) electrons. The van der Waals surface area contributed by atoms with Gasteiger partial charge < -0.3 is 15.0 Å². The van der Waals surface area contributed by atoms with Gasteiger partial charge in [0.1, 0.15) is 0 Å². The molecule has 23 heavy (non-hydrogen) atoms. The van der Waals surface area contributed by atoms with Gasteiger partial charge in [-0.05, 0) is 32.6 Å². The van der Waals surface area contributed by atoms with Gasteiger partial charge in [0, 0.05) is 30.3 Å². The fourth-order valence-corrected chi connectivity index (χ4v) is 2.97. The molecule has 1 aliphatic heterocycles. The maximum atomic E-state index is 5.22. The van der Waals surface area contributed by atoms with Gasteiger partial charge in [0.05, 0.1) is 7.11 Å². The molecule has 0 unspecified atom stereocenters. The van der Waals surface area contributed by atoms with Crippen LogP contribution in [-0.2, 0) is 0 Å². The number of hydrogen-bond donors (Lipinski definition) is 2. The zero-order chi connectivity index (χ0) is 15.8. The Balaban J connectivity index is 1.58. The number of nitrogens with zero attached hydrogens (tertiary/aromatic N) is 5. The number of rotatable bonds is 5. The Morgan fingerprint density at radius 3 is 2.83 bits per heavy atom. The second-order valence-corrected chi connectivity index (χ2v) is 6.24. The minimum Gasteiger partial charge on any atom is -0.467 e. The molecule has 3 heterocycles. The molecule has 1 atom stereocenters. The van der Waals surface area contributed by atoms with Crippen LogP contribution >= 0.6 is 0 Å². The third-order valence-corrected chi connectivity index (χ3v) is 4.45. The highest BCUT2D eigenvalue weighted by Crippen LogP contribution is 2.39. The van der Waals surface area contributed by atoms with E-state index in [4.69, 9.17) is 4.74 Å². The first-order valence-corrected chi connectivity index (χ1v) is 8.12. The molecule has 4 rings (SSSR count). The molecular formula is C15H21N7O. The van der Waals surface area contributed by atoms with Crippen LogP contribution in [0.2, 0.25) is 0 Å². The Labute approximate surface area is 134 Å². The van der Waals surface area contributed by atoms with E-state index in [0.29, 0.717) is 29.9 Å². The van der Waals surface area contributed by atoms with E-state index in [0.717, 1.165) is 25.2 Å². The van der Waals surface area contributed by atoms with E-state index in [1.54, 1.807) is 7.11 Å². The molecule has 2 fully saturated rings. The fourth-order valence-electron chi connectivity index (χ4n) is 2.97. The SMILES string of the molecule is COc1nc(Nc2cc(C3CC3)[nH]n2)nc(N2CCC[C@@H]2C)n1. The molecule has 1 aliphatic carbocycles. The average molecular weight is 315 g/mol. The number of hydrogen-bond acceptors (Lipinski definition) is 7. The summed E-state index contributed by atoms with van der Waals surface area (Å²) < 4.78 is 5.22. The van der Waals surface area contributed by atoms with E-state index >= 15 is 0 Å². The van der Waals surface area contributed by atoms with Crippen molar-refractivity contribution in [1.29, 1.82) is 0 Å². The minimum absolute atomic E-state index is 0.314. The Bertz CT molecular complexity index is 697. The third kappa shape index (κ3) is 2.93. The Morgan fingerprint density at radius 1 is 1.26 bits per heavy atom. The summed E-state index contributed by atoms with van der Waals surface area (Å²) in [5.74, 6) is 2.47. The Hall–Kier alpha value is -2.38. The Kier molecular flexibility index (Phi) is 3.51. The number of aromatic nitrogens is 5. The van der Waals surface area contributed by atoms with Crippen LogP contribution in [0.5, 0.6) is 6.01 Å². The molecule has 2 aliphatic rings. The summed E-state index contributed by atoms with van der Waals surface area (Å²) >= 11 is 0. The second-order valence-electron chi connectivity index (χ2n) is 6.24. The maximum absolute atomic E-state index is 5.22. The van der Waals surface area contributed by atoms with Gasteiger partial charge in [-0.15, -0.1) is 0 Å². The van der Waals surface area contributed by atoms with E-state index in [-0.39, 0.29) is 0 Å². The predicted octanol–water partition coefficient (Wildman–Crippen LogP) is 2.21. The number of anilines is 3. The molecule has 1 saturated carbocycles. The highest BCUT2D eigenvalue weighted by molar-refractivity contribution is 5.51. The van der Waals surface area contributed by atoms with Gasteiger partial charge in [-0.1, -0.05) is 0 Å². The van der Waals surface area contributed by atoms with Crippen LogP contribution in [0.25, 0.3) is 0 Å². The van der Waals surface area contributed by atoms with E-state index in [9.17, 15) is 0 Å². The van der Waals surface area contributed by atoms with Crippen molar-refractivity contribution < 1.29 is 4.74 Å². The summed E-state index contributed by atoms with van der Waals surface area (Å²) in [5, 5.41) is 10.5. The summed E-state index contributed by atoms with van der Waals surface area (Å²) in [6, 6.07) is 2.77. The zero-order valence-electron chi connectivity index (χ0n) is 13.4. The number of nitrogens with one attached hydrogen (secondary N) is 2. The van der Waals surface area contributed by atoms with Crippen molar-refractivity contribution in [3.63, 3.8) is 0 Å². The van der Waals surface area contributed by atoms with E-state index in [1.165, 1.54) is 18.5 Å². The molecule has 2 aromatic rings. The van der Waals surface area contributed by atoms with Gasteiger partial charge in [0.15, 0.2) is 5.82 Å². The van der Waals surface area contributed by atoms with Crippen molar-refractivity contribution in [2.75, 3.05) is 23.9 Å². The minimum atomic E-state index is 0.314. The normalized spacial score (nSPS) is 20.8. The standard InChI is InChI=1S/C15H21N7O/c1-9-4-3-7-22(9)14-17-13(18-15(19-14)23-2)16-12-8-11(20-21-12)10-5-6-10/h8-10H,3-7H2,1-2H3,(H2,16,17,18,19,20,21)/t9-/m0/s1. The zero-order valence-corrected chi connectivity index (χ0v) is 13.4. The molecule has 0 spiro atoms. The van der Waals surface area contributed by atoms with Crippen molar-refractivity contribution >= 4 is 17.7 Å². The van der Waals surface area contributed by atoms with E-state index in [2.05, 4.69) is 42.3 Å². The highest BCUT2D eigenvalue weighted by atomic mass is 16.5. The molecule has 0 aromatic carbocycles. The fraction of sp³-hybridized carbons (Fsp3) is 0.600. The van der Waals surface area contributed by atoms with Crippen LogP contribution in [0.3, 0.4) is 0 Å². The largest absolute Gasteiger partial charge is 0.467 e. The molecule has 122 valence electrons. The average Bonchev–Trinajstić information content (AvgIpc) is 3.16. The lowest BCUT2D eigenvalue weighted by Gasteiger charge is -2.21. The third-order valence-electron chi connectivity index (χ3n) is 4.45. The van der Waals surface area contributed by atoms with Gasteiger partial charge in [-0.25, -0.2) is 0 Å². The monoisotopic (exact) mass is 315 g/mol. The second kappa shape index (κ2) is 5.68. The lowest BCUT2D eigenvalue weighted by molar-refractivity contribution is 0.378. The van der Waals surface area contributed by atoms with Crippen LogP contribution in [-0.4, -0.2) is 44.8 Å². The molecule has 0 amide bonds. The maximum Gasteiger partial charge on any atom is 0.322 e. The van der Waals surface area contributed by atoms with Crippen LogP contribution in [0.1, 0.15) is 44.2 Å². The molecular weight excluding hydrogens is 294 g/mol. The lowest BCUT2D eigenvalue weighted by Crippen LogP contribution is -2.28. The van der Waals surface area contributed by atoms with Crippen LogP contribution in [0.4, 0.5) is 17.7 Å². The van der Waals surface area contributed by atoms with Gasteiger partial charge in [-0.2, -0.15) is 20.1 Å². The molecule has 8 nitrogen and oxygen atoms in total. The molecule has 2 N–H and O–H groups in total. The van der Waals surface area contributed by atoms with Gasteiger partial charge in [0.25, 0.3) is 0 Å². The van der Waals surface area contributed by atoms with Crippen molar-refractivity contribution in [3.05, 3.63) is 11.8 Å². The van der Waals surface area contributed by atoms with Crippen molar-refractivity contribution in [1.82, 2.24) is 25.1 Å². The lowest BCUT2D eigenvalue weighted by atomic mass is 10.2. The Morgan fingerprint density at radius 2 is 2.13 bits per heavy atom. The number of methoxy groups -OCH3 is 1. The van der Waals surface area contributed by atoms with Gasteiger partial charge in [0.2, 0.25) is 11.9 Å². The van der Waals surface area contributed by atoms with Crippen molar-refractivity contribution in [2.24, 2.45) is 0 Å².